The van der Waals surface area contributed by atoms with Crippen LogP contribution in [0.2, 0.25) is 21.7 Å². The zero-order valence-corrected chi connectivity index (χ0v) is 17.6. The van der Waals surface area contributed by atoms with E-state index in [0.717, 1.165) is 10.8 Å². The van der Waals surface area contributed by atoms with Crippen LogP contribution < -0.4 is 0 Å². The molecule has 22 heavy (non-hydrogen) atoms. The van der Waals surface area contributed by atoms with E-state index in [1.54, 1.807) is 0 Å². The molecule has 0 N–H and O–H groups in total. The molecule has 1 saturated heterocycles. The topological polar surface area (TPSA) is 0 Å². The van der Waals surface area contributed by atoms with Crippen LogP contribution in [-0.4, -0.2) is 13.3 Å². The molecule has 0 amide bonds. The van der Waals surface area contributed by atoms with Crippen molar-refractivity contribution in [2.24, 2.45) is 0 Å². The first-order valence-electron chi connectivity index (χ1n) is 8.76. The van der Waals surface area contributed by atoms with E-state index in [2.05, 4.69) is 91.4 Å². The Morgan fingerprint density at radius 2 is 1.50 bits per heavy atom. The van der Waals surface area contributed by atoms with Gasteiger partial charge in [0.05, 0.1) is 8.07 Å². The standard InChI is InChI=1S/C20H34SSi/c1-9-18-17(21-16-12-10-15(2)11-13-16)14-22(18,19(3,4)5)20(6,7)8/h10-13,17-18H,9,14H2,1-8H3/t17-,18+/m0/s1. The van der Waals surface area contributed by atoms with Gasteiger partial charge in [-0.05, 0) is 40.7 Å². The fraction of sp³-hybridized carbons (Fsp3) is 0.700. The van der Waals surface area contributed by atoms with Crippen molar-refractivity contribution in [1.82, 2.24) is 0 Å². The molecule has 1 aliphatic heterocycles. The van der Waals surface area contributed by atoms with Gasteiger partial charge in [-0.3, -0.25) is 0 Å². The van der Waals surface area contributed by atoms with E-state index in [1.807, 2.05) is 0 Å². The number of benzene rings is 1. The summed E-state index contributed by atoms with van der Waals surface area (Å²) in [5, 5.41) is 1.82. The van der Waals surface area contributed by atoms with Gasteiger partial charge in [-0.25, -0.2) is 0 Å². The van der Waals surface area contributed by atoms with Crippen molar-refractivity contribution in [3.63, 3.8) is 0 Å². The Morgan fingerprint density at radius 1 is 1.00 bits per heavy atom. The van der Waals surface area contributed by atoms with Gasteiger partial charge in [0.25, 0.3) is 0 Å². The average molecular weight is 335 g/mol. The van der Waals surface area contributed by atoms with Crippen LogP contribution in [0.5, 0.6) is 0 Å². The Morgan fingerprint density at radius 3 is 1.91 bits per heavy atom. The predicted molar refractivity (Wildman–Crippen MR) is 105 cm³/mol. The monoisotopic (exact) mass is 334 g/mol. The van der Waals surface area contributed by atoms with Crippen LogP contribution >= 0.6 is 11.8 Å². The number of rotatable bonds is 3. The van der Waals surface area contributed by atoms with Crippen LogP contribution in [0, 0.1) is 6.92 Å². The van der Waals surface area contributed by atoms with Crippen LogP contribution in [0.3, 0.4) is 0 Å². The molecule has 1 fully saturated rings. The van der Waals surface area contributed by atoms with Gasteiger partial charge in [-0.15, -0.1) is 11.8 Å². The van der Waals surface area contributed by atoms with Crippen LogP contribution in [0.4, 0.5) is 0 Å². The Kier molecular flexibility index (Phi) is 4.96. The minimum atomic E-state index is -1.32. The third-order valence-corrected chi connectivity index (χ3v) is 16.4. The Bertz CT molecular complexity index is 490. The van der Waals surface area contributed by atoms with Gasteiger partial charge in [0.15, 0.2) is 0 Å². The molecule has 0 bridgehead atoms. The lowest BCUT2D eigenvalue weighted by molar-refractivity contribution is 0.501. The molecule has 2 atom stereocenters. The third kappa shape index (κ3) is 2.93. The molecule has 0 radical (unpaired) electrons. The van der Waals surface area contributed by atoms with Crippen molar-refractivity contribution in [1.29, 1.82) is 0 Å². The second kappa shape index (κ2) is 6.01. The first-order valence-corrected chi connectivity index (χ1v) is 11.9. The molecule has 0 aliphatic carbocycles. The van der Waals surface area contributed by atoms with E-state index < -0.39 is 8.07 Å². The maximum absolute atomic E-state index is 2.51. The smallest absolute Gasteiger partial charge is 0.0696 e. The second-order valence-electron chi connectivity index (χ2n) is 9.16. The Balaban J connectivity index is 2.23. The maximum atomic E-state index is 2.51. The van der Waals surface area contributed by atoms with Crippen molar-refractivity contribution in [3.05, 3.63) is 29.8 Å². The first kappa shape index (κ1) is 18.1. The van der Waals surface area contributed by atoms with E-state index in [-0.39, 0.29) is 0 Å². The lowest BCUT2D eigenvalue weighted by Crippen LogP contribution is -2.66. The molecule has 0 nitrogen and oxygen atoms in total. The highest BCUT2D eigenvalue weighted by molar-refractivity contribution is 8.00. The van der Waals surface area contributed by atoms with Crippen LogP contribution in [0.1, 0.15) is 60.5 Å². The summed E-state index contributed by atoms with van der Waals surface area (Å²) in [5.41, 5.74) is 2.30. The zero-order chi connectivity index (χ0) is 16.8. The second-order valence-corrected chi connectivity index (χ2v) is 16.6. The lowest BCUT2D eigenvalue weighted by Gasteiger charge is -2.66. The summed E-state index contributed by atoms with van der Waals surface area (Å²) >= 11 is 2.14. The molecule has 1 aromatic carbocycles. The molecule has 2 heteroatoms. The van der Waals surface area contributed by atoms with Crippen molar-refractivity contribution in [3.8, 4) is 0 Å². The van der Waals surface area contributed by atoms with Crippen molar-refractivity contribution >= 4 is 19.8 Å². The first-order chi connectivity index (χ1) is 10.0. The summed E-state index contributed by atoms with van der Waals surface area (Å²) in [6.07, 6.45) is 1.35. The molecule has 0 spiro atoms. The van der Waals surface area contributed by atoms with E-state index in [1.165, 1.54) is 22.9 Å². The summed E-state index contributed by atoms with van der Waals surface area (Å²) in [6.45, 7) is 19.7. The molecule has 0 aromatic heterocycles. The highest BCUT2D eigenvalue weighted by Gasteiger charge is 2.65. The van der Waals surface area contributed by atoms with Crippen LogP contribution in [0.25, 0.3) is 0 Å². The minimum Gasteiger partial charge on any atom is -0.123 e. The van der Waals surface area contributed by atoms with Gasteiger partial charge in [-0.1, -0.05) is 72.6 Å². The number of hydrogen-bond acceptors (Lipinski definition) is 1. The van der Waals surface area contributed by atoms with Gasteiger partial charge in [0, 0.05) is 10.1 Å². The molecule has 124 valence electrons. The average Bonchev–Trinajstić information content (AvgIpc) is 2.33. The summed E-state index contributed by atoms with van der Waals surface area (Å²) in [6, 6.07) is 10.6. The largest absolute Gasteiger partial charge is 0.123 e. The highest BCUT2D eigenvalue weighted by atomic mass is 32.2. The summed E-state index contributed by atoms with van der Waals surface area (Å²) < 4.78 is 0. The molecule has 1 aliphatic rings. The summed E-state index contributed by atoms with van der Waals surface area (Å²) in [7, 11) is -1.32. The molecule has 0 unspecified atom stereocenters. The molecule has 1 aromatic rings. The van der Waals surface area contributed by atoms with E-state index in [9.17, 15) is 0 Å². The molecule has 1 heterocycles. The Hall–Kier alpha value is -0.213. The minimum absolute atomic E-state index is 0.496. The fourth-order valence-electron chi connectivity index (χ4n) is 5.14. The van der Waals surface area contributed by atoms with E-state index in [0.29, 0.717) is 10.1 Å². The van der Waals surface area contributed by atoms with Crippen LogP contribution in [0.15, 0.2) is 29.2 Å². The van der Waals surface area contributed by atoms with Gasteiger partial charge in [0.2, 0.25) is 0 Å². The van der Waals surface area contributed by atoms with Crippen molar-refractivity contribution < 1.29 is 0 Å². The molecular formula is C20H34SSi. The quantitative estimate of drug-likeness (QED) is 0.523. The number of aryl methyl sites for hydroxylation is 1. The third-order valence-electron chi connectivity index (χ3n) is 6.03. The van der Waals surface area contributed by atoms with Crippen molar-refractivity contribution in [2.75, 3.05) is 0 Å². The lowest BCUT2D eigenvalue weighted by atomic mass is 10.2. The molecule has 2 rings (SSSR count). The van der Waals surface area contributed by atoms with E-state index in [4.69, 9.17) is 0 Å². The van der Waals surface area contributed by atoms with Gasteiger partial charge in [-0.2, -0.15) is 0 Å². The summed E-state index contributed by atoms with van der Waals surface area (Å²) in [5.74, 6) is 0. The molecule has 0 saturated carbocycles. The van der Waals surface area contributed by atoms with Gasteiger partial charge >= 0.3 is 0 Å². The highest BCUT2D eigenvalue weighted by Crippen LogP contribution is 2.70. The van der Waals surface area contributed by atoms with Gasteiger partial charge < -0.3 is 0 Å². The normalized spacial score (nSPS) is 24.9. The maximum Gasteiger partial charge on any atom is 0.0696 e. The SMILES string of the molecule is CC[C@@H]1[C@@H](Sc2ccc(C)cc2)C[Si]1(C(C)(C)C)C(C)(C)C. The fourth-order valence-corrected chi connectivity index (χ4v) is 16.1. The number of hydrogen-bond donors (Lipinski definition) is 0. The predicted octanol–water partition coefficient (Wildman–Crippen LogP) is 7.30. The Labute approximate surface area is 143 Å². The zero-order valence-electron chi connectivity index (χ0n) is 15.8. The summed E-state index contributed by atoms with van der Waals surface area (Å²) in [4.78, 5) is 1.46. The van der Waals surface area contributed by atoms with Crippen LogP contribution in [-0.2, 0) is 0 Å². The van der Waals surface area contributed by atoms with E-state index >= 15 is 0 Å². The molecular weight excluding hydrogens is 300 g/mol. The number of thioether (sulfide) groups is 1. The van der Waals surface area contributed by atoms with Crippen molar-refractivity contribution in [2.45, 2.75) is 93.6 Å². The van der Waals surface area contributed by atoms with Gasteiger partial charge in [0.1, 0.15) is 0 Å².